The van der Waals surface area contributed by atoms with Gasteiger partial charge in [-0.2, -0.15) is 0 Å². The molecule has 0 aromatic rings. The van der Waals surface area contributed by atoms with E-state index >= 15 is 0 Å². The Balaban J connectivity index is 1.99. The van der Waals surface area contributed by atoms with Gasteiger partial charge in [0, 0.05) is 33.2 Å². The molecule has 0 bridgehead atoms. The van der Waals surface area contributed by atoms with Crippen LogP contribution in [0.3, 0.4) is 0 Å². The van der Waals surface area contributed by atoms with E-state index in [0.717, 1.165) is 25.9 Å². The van der Waals surface area contributed by atoms with Crippen LogP contribution in [0.5, 0.6) is 0 Å². The van der Waals surface area contributed by atoms with Gasteiger partial charge >= 0.3 is 0 Å². The normalized spacial score (nSPS) is 15.5. The molecule has 98 valence electrons. The molecule has 0 radical (unpaired) electrons. The number of allylic oxidation sites excluding steroid dienone is 1. The molecular formula is C13H24N2O2. The molecular weight excluding hydrogens is 216 g/mol. The predicted molar refractivity (Wildman–Crippen MR) is 68.9 cm³/mol. The summed E-state index contributed by atoms with van der Waals surface area (Å²) in [6, 6.07) is 0. The van der Waals surface area contributed by atoms with E-state index in [2.05, 4.69) is 16.7 Å². The Morgan fingerprint density at radius 3 is 2.94 bits per heavy atom. The van der Waals surface area contributed by atoms with E-state index in [1.54, 1.807) is 7.11 Å². The number of amides is 1. The molecule has 1 amide bonds. The monoisotopic (exact) mass is 240 g/mol. The zero-order valence-electron chi connectivity index (χ0n) is 10.8. The molecule has 0 aromatic heterocycles. The second-order valence-electron chi connectivity index (χ2n) is 4.38. The van der Waals surface area contributed by atoms with Gasteiger partial charge in [-0.15, -0.1) is 0 Å². The van der Waals surface area contributed by atoms with E-state index in [1.165, 1.54) is 18.4 Å². The Morgan fingerprint density at radius 1 is 1.35 bits per heavy atom. The van der Waals surface area contributed by atoms with Crippen LogP contribution in [0, 0.1) is 0 Å². The number of hydrogen-bond acceptors (Lipinski definition) is 3. The number of carbonyl (C=O) groups is 1. The summed E-state index contributed by atoms with van der Waals surface area (Å²) in [5, 5.41) is 6.11. The molecule has 0 aromatic carbocycles. The summed E-state index contributed by atoms with van der Waals surface area (Å²) >= 11 is 0. The van der Waals surface area contributed by atoms with Crippen LogP contribution >= 0.6 is 0 Å². The van der Waals surface area contributed by atoms with Crippen molar-refractivity contribution in [2.24, 2.45) is 0 Å². The summed E-state index contributed by atoms with van der Waals surface area (Å²) in [5.74, 6) is 0.145. The molecule has 0 aliphatic heterocycles. The van der Waals surface area contributed by atoms with Crippen molar-refractivity contribution in [3.63, 3.8) is 0 Å². The molecule has 0 fully saturated rings. The van der Waals surface area contributed by atoms with Crippen molar-refractivity contribution in [2.45, 2.75) is 32.1 Å². The lowest BCUT2D eigenvalue weighted by molar-refractivity contribution is -0.120. The lowest BCUT2D eigenvalue weighted by atomic mass is 9.97. The van der Waals surface area contributed by atoms with Crippen LogP contribution in [-0.4, -0.2) is 39.3 Å². The van der Waals surface area contributed by atoms with Gasteiger partial charge in [-0.25, -0.2) is 0 Å². The summed E-state index contributed by atoms with van der Waals surface area (Å²) in [6.07, 6.45) is 7.55. The van der Waals surface area contributed by atoms with Crippen LogP contribution in [0.15, 0.2) is 11.6 Å². The molecule has 1 rings (SSSR count). The molecule has 4 heteroatoms. The topological polar surface area (TPSA) is 50.4 Å². The maximum Gasteiger partial charge on any atom is 0.224 e. The minimum absolute atomic E-state index is 0.145. The Morgan fingerprint density at radius 2 is 2.24 bits per heavy atom. The van der Waals surface area contributed by atoms with Gasteiger partial charge < -0.3 is 15.4 Å². The fraction of sp³-hybridized carbons (Fsp3) is 0.769. The van der Waals surface area contributed by atoms with E-state index in [4.69, 9.17) is 4.74 Å². The average Bonchev–Trinajstić information content (AvgIpc) is 2.35. The standard InChI is InChI=1S/C13H24N2O2/c1-17-10-9-14-7-8-15-13(16)11-12-5-3-2-4-6-12/h5,14H,2-4,6-11H2,1H3,(H,15,16). The third-order valence-corrected chi connectivity index (χ3v) is 2.88. The molecule has 0 atom stereocenters. The molecule has 0 saturated heterocycles. The summed E-state index contributed by atoms with van der Waals surface area (Å²) in [4.78, 5) is 11.6. The van der Waals surface area contributed by atoms with Crippen molar-refractivity contribution < 1.29 is 9.53 Å². The predicted octanol–water partition coefficient (Wildman–Crippen LogP) is 1.23. The first-order valence-corrected chi connectivity index (χ1v) is 6.47. The summed E-state index contributed by atoms with van der Waals surface area (Å²) < 4.78 is 4.91. The number of ether oxygens (including phenoxy) is 1. The fourth-order valence-electron chi connectivity index (χ4n) is 1.92. The summed E-state index contributed by atoms with van der Waals surface area (Å²) in [5.41, 5.74) is 1.31. The molecule has 1 aliphatic carbocycles. The van der Waals surface area contributed by atoms with Crippen LogP contribution in [-0.2, 0) is 9.53 Å². The van der Waals surface area contributed by atoms with Crippen molar-refractivity contribution in [1.29, 1.82) is 0 Å². The van der Waals surface area contributed by atoms with E-state index in [9.17, 15) is 4.79 Å². The van der Waals surface area contributed by atoms with Gasteiger partial charge in [-0.3, -0.25) is 4.79 Å². The highest BCUT2D eigenvalue weighted by Crippen LogP contribution is 2.19. The van der Waals surface area contributed by atoms with Crippen LogP contribution in [0.25, 0.3) is 0 Å². The van der Waals surface area contributed by atoms with Gasteiger partial charge in [0.2, 0.25) is 5.91 Å². The van der Waals surface area contributed by atoms with E-state index < -0.39 is 0 Å². The Labute approximate surface area is 104 Å². The first kappa shape index (κ1) is 14.2. The smallest absolute Gasteiger partial charge is 0.224 e. The maximum atomic E-state index is 11.6. The Kier molecular flexibility index (Phi) is 7.67. The Hall–Kier alpha value is -0.870. The fourth-order valence-corrected chi connectivity index (χ4v) is 1.92. The minimum atomic E-state index is 0.145. The zero-order valence-corrected chi connectivity index (χ0v) is 10.8. The molecule has 0 unspecified atom stereocenters. The molecule has 0 spiro atoms. The Bertz CT molecular complexity index is 252. The highest BCUT2D eigenvalue weighted by molar-refractivity contribution is 5.78. The van der Waals surface area contributed by atoms with Crippen molar-refractivity contribution in [3.05, 3.63) is 11.6 Å². The maximum absolute atomic E-state index is 11.6. The third-order valence-electron chi connectivity index (χ3n) is 2.88. The zero-order chi connectivity index (χ0) is 12.3. The number of methoxy groups -OCH3 is 1. The molecule has 0 saturated carbocycles. The molecule has 4 nitrogen and oxygen atoms in total. The largest absolute Gasteiger partial charge is 0.383 e. The van der Waals surface area contributed by atoms with Crippen molar-refractivity contribution in [3.8, 4) is 0 Å². The van der Waals surface area contributed by atoms with Gasteiger partial charge in [0.15, 0.2) is 0 Å². The van der Waals surface area contributed by atoms with Crippen LogP contribution in [0.1, 0.15) is 32.1 Å². The summed E-state index contributed by atoms with van der Waals surface area (Å²) in [7, 11) is 1.68. The van der Waals surface area contributed by atoms with Gasteiger partial charge in [0.25, 0.3) is 0 Å². The molecule has 17 heavy (non-hydrogen) atoms. The van der Waals surface area contributed by atoms with Crippen molar-refractivity contribution in [2.75, 3.05) is 33.4 Å². The van der Waals surface area contributed by atoms with Gasteiger partial charge in [0.05, 0.1) is 6.61 Å². The minimum Gasteiger partial charge on any atom is -0.383 e. The second kappa shape index (κ2) is 9.19. The average molecular weight is 240 g/mol. The first-order chi connectivity index (χ1) is 8.33. The van der Waals surface area contributed by atoms with Gasteiger partial charge in [-0.1, -0.05) is 11.6 Å². The van der Waals surface area contributed by atoms with Crippen LogP contribution < -0.4 is 10.6 Å². The van der Waals surface area contributed by atoms with Gasteiger partial charge in [-0.05, 0) is 25.7 Å². The number of carbonyl (C=O) groups excluding carboxylic acids is 1. The SMILES string of the molecule is COCCNCCNC(=O)CC1=CCCCC1. The number of hydrogen-bond donors (Lipinski definition) is 2. The highest BCUT2D eigenvalue weighted by atomic mass is 16.5. The van der Waals surface area contributed by atoms with Gasteiger partial charge in [0.1, 0.15) is 0 Å². The third kappa shape index (κ3) is 7.13. The van der Waals surface area contributed by atoms with E-state index in [-0.39, 0.29) is 5.91 Å². The molecule has 1 aliphatic rings. The lowest BCUT2D eigenvalue weighted by Gasteiger charge is -2.12. The van der Waals surface area contributed by atoms with Crippen LogP contribution in [0.4, 0.5) is 0 Å². The lowest BCUT2D eigenvalue weighted by Crippen LogP contribution is -2.33. The van der Waals surface area contributed by atoms with Crippen molar-refractivity contribution in [1.82, 2.24) is 10.6 Å². The number of nitrogens with one attached hydrogen (secondary N) is 2. The molecule has 0 heterocycles. The highest BCUT2D eigenvalue weighted by Gasteiger charge is 2.08. The van der Waals surface area contributed by atoms with E-state index in [0.29, 0.717) is 19.6 Å². The van der Waals surface area contributed by atoms with E-state index in [1.807, 2.05) is 0 Å². The van der Waals surface area contributed by atoms with Crippen molar-refractivity contribution >= 4 is 5.91 Å². The molecule has 2 N–H and O–H groups in total. The number of rotatable bonds is 8. The first-order valence-electron chi connectivity index (χ1n) is 6.47. The van der Waals surface area contributed by atoms with Crippen LogP contribution in [0.2, 0.25) is 0 Å². The second-order valence-corrected chi connectivity index (χ2v) is 4.38. The summed E-state index contributed by atoms with van der Waals surface area (Å²) in [6.45, 7) is 3.03. The quantitative estimate of drug-likeness (QED) is 0.495.